The second kappa shape index (κ2) is 8.95. The van der Waals surface area contributed by atoms with Crippen LogP contribution in [0.5, 0.6) is 11.5 Å². The van der Waals surface area contributed by atoms with Gasteiger partial charge in [-0.1, -0.05) is 5.16 Å². The van der Waals surface area contributed by atoms with Crippen LogP contribution in [-0.4, -0.2) is 57.5 Å². The van der Waals surface area contributed by atoms with Crippen LogP contribution in [0.1, 0.15) is 35.7 Å². The number of benzene rings is 1. The number of hydrogen-bond acceptors (Lipinski definition) is 9. The van der Waals surface area contributed by atoms with Crippen LogP contribution in [0, 0.1) is 0 Å². The second-order valence-electron chi connectivity index (χ2n) is 8.16. The van der Waals surface area contributed by atoms with E-state index in [1.807, 2.05) is 18.2 Å². The van der Waals surface area contributed by atoms with Gasteiger partial charge in [0.25, 0.3) is 0 Å². The molecule has 0 fully saturated rings. The van der Waals surface area contributed by atoms with E-state index >= 15 is 0 Å². The zero-order valence-electron chi connectivity index (χ0n) is 19.1. The van der Waals surface area contributed by atoms with E-state index in [1.165, 1.54) is 10.4 Å². The summed E-state index contributed by atoms with van der Waals surface area (Å²) in [6.45, 7) is 6.67. The van der Waals surface area contributed by atoms with Crippen molar-refractivity contribution in [2.45, 2.75) is 39.5 Å². The van der Waals surface area contributed by atoms with E-state index in [9.17, 15) is 0 Å². The number of thiophene rings is 1. The fraction of sp³-hybridized carbons (Fsp3) is 0.391. The van der Waals surface area contributed by atoms with Gasteiger partial charge in [-0.2, -0.15) is 0 Å². The Morgan fingerprint density at radius 3 is 2.85 bits per heavy atom. The summed E-state index contributed by atoms with van der Waals surface area (Å²) in [6, 6.07) is 6.06. The van der Waals surface area contributed by atoms with Gasteiger partial charge in [-0.05, 0) is 44.0 Å². The number of ether oxygens (including phenoxy) is 2. The number of hydrogen-bond donors (Lipinski definition) is 0. The normalized spacial score (nSPS) is 14.5. The van der Waals surface area contributed by atoms with E-state index in [1.54, 1.807) is 42.6 Å². The van der Waals surface area contributed by atoms with Crippen LogP contribution in [0.3, 0.4) is 0 Å². The summed E-state index contributed by atoms with van der Waals surface area (Å²) < 4.78 is 12.3. The van der Waals surface area contributed by atoms with Crippen LogP contribution >= 0.6 is 11.3 Å². The van der Waals surface area contributed by atoms with Crippen LogP contribution < -0.4 is 9.47 Å². The highest BCUT2D eigenvalue weighted by atomic mass is 32.1. The Kier molecular flexibility index (Phi) is 5.86. The van der Waals surface area contributed by atoms with E-state index in [4.69, 9.17) is 19.3 Å². The minimum absolute atomic E-state index is 0.167. The molecule has 0 N–H and O–H groups in total. The molecular formula is C23H26N6O3S. The van der Waals surface area contributed by atoms with Crippen molar-refractivity contribution in [3.8, 4) is 11.5 Å². The predicted molar refractivity (Wildman–Crippen MR) is 127 cm³/mol. The fourth-order valence-electron chi connectivity index (χ4n) is 4.08. The first-order chi connectivity index (χ1) is 16.1. The standard InChI is InChI=1S/C23H26N6O3S/c1-14(2)28-8-7-16-19(11-28)33-23-21(16)22-26-20(27-29(22)13-24-23)12-32-25-10-15-5-6-17(30-3)18(9-15)31-4/h5-6,9-10,13-14H,7-8,11-12H2,1-4H3. The van der Waals surface area contributed by atoms with Crippen LogP contribution in [0.15, 0.2) is 29.7 Å². The third kappa shape index (κ3) is 4.11. The summed E-state index contributed by atoms with van der Waals surface area (Å²) in [5, 5.41) is 9.71. The molecule has 10 heteroatoms. The van der Waals surface area contributed by atoms with Crippen LogP contribution in [0.4, 0.5) is 0 Å². The topological polar surface area (TPSA) is 86.4 Å². The molecule has 172 valence electrons. The van der Waals surface area contributed by atoms with Crippen LogP contribution in [0.2, 0.25) is 0 Å². The lowest BCUT2D eigenvalue weighted by molar-refractivity contribution is 0.126. The van der Waals surface area contributed by atoms with Gasteiger partial charge in [-0.3, -0.25) is 4.90 Å². The molecule has 9 nitrogen and oxygen atoms in total. The number of oxime groups is 1. The lowest BCUT2D eigenvalue weighted by atomic mass is 10.0. The number of fused-ring (bicyclic) bond motifs is 5. The molecule has 5 rings (SSSR count). The smallest absolute Gasteiger partial charge is 0.192 e. The fourth-order valence-corrected chi connectivity index (χ4v) is 5.29. The lowest BCUT2D eigenvalue weighted by Gasteiger charge is -2.30. The highest BCUT2D eigenvalue weighted by molar-refractivity contribution is 7.19. The first kappa shape index (κ1) is 21.6. The Morgan fingerprint density at radius 1 is 1.21 bits per heavy atom. The monoisotopic (exact) mass is 466 g/mol. The minimum atomic E-state index is 0.167. The van der Waals surface area contributed by atoms with E-state index in [0.717, 1.165) is 40.9 Å². The predicted octanol–water partition coefficient (Wildman–Crippen LogP) is 3.67. The molecule has 0 amide bonds. The van der Waals surface area contributed by atoms with Crippen LogP contribution in [0.25, 0.3) is 15.9 Å². The summed E-state index contributed by atoms with van der Waals surface area (Å²) >= 11 is 1.76. The maximum absolute atomic E-state index is 5.46. The van der Waals surface area contributed by atoms with Gasteiger partial charge in [-0.25, -0.2) is 14.5 Å². The molecule has 33 heavy (non-hydrogen) atoms. The molecule has 1 aliphatic rings. The molecule has 1 aliphatic heterocycles. The Bertz CT molecular complexity index is 1330. The molecule has 0 saturated carbocycles. The summed E-state index contributed by atoms with van der Waals surface area (Å²) in [4.78, 5) is 19.7. The van der Waals surface area contributed by atoms with Crippen molar-refractivity contribution in [3.63, 3.8) is 0 Å². The third-order valence-electron chi connectivity index (χ3n) is 5.86. The average molecular weight is 467 g/mol. The van der Waals surface area contributed by atoms with E-state index in [-0.39, 0.29) is 6.61 Å². The van der Waals surface area contributed by atoms with Crippen molar-refractivity contribution in [1.82, 2.24) is 24.5 Å². The third-order valence-corrected chi connectivity index (χ3v) is 6.98. The van der Waals surface area contributed by atoms with Gasteiger partial charge in [0.05, 0.1) is 25.8 Å². The summed E-state index contributed by atoms with van der Waals surface area (Å²) in [5.74, 6) is 1.86. The molecule has 3 aromatic heterocycles. The summed E-state index contributed by atoms with van der Waals surface area (Å²) in [7, 11) is 3.20. The van der Waals surface area contributed by atoms with Gasteiger partial charge >= 0.3 is 0 Å². The molecule has 0 saturated heterocycles. The Labute approximate surface area is 195 Å². The first-order valence-electron chi connectivity index (χ1n) is 10.8. The zero-order chi connectivity index (χ0) is 22.9. The average Bonchev–Trinajstić information content (AvgIpc) is 3.41. The van der Waals surface area contributed by atoms with E-state index in [2.05, 4.69) is 34.0 Å². The summed E-state index contributed by atoms with van der Waals surface area (Å²) in [6.07, 6.45) is 4.35. The molecule has 0 spiro atoms. The van der Waals surface area contributed by atoms with Gasteiger partial charge in [0.15, 0.2) is 29.6 Å². The molecule has 0 bridgehead atoms. The number of rotatable bonds is 7. The number of methoxy groups -OCH3 is 2. The SMILES string of the molecule is COc1ccc(C=NOCc2nc3c4c5c(sc4ncn3n2)CN(C(C)C)CC5)cc1OC. The van der Waals surface area contributed by atoms with Gasteiger partial charge in [0, 0.05) is 29.6 Å². The first-order valence-corrected chi connectivity index (χ1v) is 11.6. The maximum atomic E-state index is 5.46. The Morgan fingerprint density at radius 2 is 2.06 bits per heavy atom. The molecule has 0 unspecified atom stereocenters. The second-order valence-corrected chi connectivity index (χ2v) is 9.24. The molecule has 4 aromatic rings. The lowest BCUT2D eigenvalue weighted by Crippen LogP contribution is -2.35. The van der Waals surface area contributed by atoms with E-state index < -0.39 is 0 Å². The molecule has 4 heterocycles. The Balaban J connectivity index is 1.34. The largest absolute Gasteiger partial charge is 0.493 e. The van der Waals surface area contributed by atoms with Gasteiger partial charge in [0.1, 0.15) is 11.2 Å². The Hall–Kier alpha value is -3.24. The van der Waals surface area contributed by atoms with Crippen molar-refractivity contribution >= 4 is 33.4 Å². The minimum Gasteiger partial charge on any atom is -0.493 e. The maximum Gasteiger partial charge on any atom is 0.192 e. The zero-order valence-corrected chi connectivity index (χ0v) is 19.9. The van der Waals surface area contributed by atoms with Crippen molar-refractivity contribution in [3.05, 3.63) is 46.4 Å². The highest BCUT2D eigenvalue weighted by Gasteiger charge is 2.25. The van der Waals surface area contributed by atoms with Gasteiger partial charge in [-0.15, -0.1) is 16.4 Å². The molecule has 0 atom stereocenters. The number of aromatic nitrogens is 4. The van der Waals surface area contributed by atoms with Gasteiger partial charge < -0.3 is 14.3 Å². The van der Waals surface area contributed by atoms with Crippen molar-refractivity contribution in [2.75, 3.05) is 20.8 Å². The summed E-state index contributed by atoms with van der Waals surface area (Å²) in [5.41, 5.74) is 3.02. The van der Waals surface area contributed by atoms with E-state index in [0.29, 0.717) is 23.4 Å². The molecule has 0 radical (unpaired) electrons. The van der Waals surface area contributed by atoms with Crippen molar-refractivity contribution in [2.24, 2.45) is 5.16 Å². The number of nitrogens with zero attached hydrogens (tertiary/aromatic N) is 6. The molecule has 1 aromatic carbocycles. The van der Waals surface area contributed by atoms with Gasteiger partial charge in [0.2, 0.25) is 0 Å². The molecule has 0 aliphatic carbocycles. The van der Waals surface area contributed by atoms with Crippen LogP contribution in [-0.2, 0) is 24.4 Å². The molecular weight excluding hydrogens is 440 g/mol. The quantitative estimate of drug-likeness (QED) is 0.303. The van der Waals surface area contributed by atoms with Crippen molar-refractivity contribution < 1.29 is 14.3 Å². The van der Waals surface area contributed by atoms with Crippen molar-refractivity contribution in [1.29, 1.82) is 0 Å². The highest BCUT2D eigenvalue weighted by Crippen LogP contribution is 2.36.